The summed E-state index contributed by atoms with van der Waals surface area (Å²) in [7, 11) is -2.90. The molecule has 1 heterocycles. The van der Waals surface area contributed by atoms with Crippen LogP contribution < -0.4 is 5.32 Å². The molecule has 0 spiro atoms. The van der Waals surface area contributed by atoms with Crippen LogP contribution in [0.15, 0.2) is 0 Å². The highest BCUT2D eigenvalue weighted by molar-refractivity contribution is 7.90. The summed E-state index contributed by atoms with van der Waals surface area (Å²) in [5, 5.41) is 3.21. The van der Waals surface area contributed by atoms with Crippen molar-refractivity contribution in [3.05, 3.63) is 0 Å². The van der Waals surface area contributed by atoms with E-state index in [1.165, 1.54) is 6.26 Å². The molecule has 4 nitrogen and oxygen atoms in total. The summed E-state index contributed by atoms with van der Waals surface area (Å²) in [4.78, 5) is 0. The summed E-state index contributed by atoms with van der Waals surface area (Å²) in [5.41, 5.74) is -0.0214. The van der Waals surface area contributed by atoms with Gasteiger partial charge < -0.3 is 10.1 Å². The second kappa shape index (κ2) is 5.02. The Bertz CT molecular complexity index is 324. The Kier molecular flexibility index (Phi) is 4.37. The average molecular weight is 249 g/mol. The molecule has 5 heteroatoms. The lowest BCUT2D eigenvalue weighted by Gasteiger charge is -2.21. The molecule has 0 saturated carbocycles. The van der Waals surface area contributed by atoms with Gasteiger partial charge in [-0.25, -0.2) is 8.42 Å². The number of hydrogen-bond acceptors (Lipinski definition) is 4. The monoisotopic (exact) mass is 249 g/mol. The highest BCUT2D eigenvalue weighted by Crippen LogP contribution is 2.28. The van der Waals surface area contributed by atoms with Gasteiger partial charge in [0.25, 0.3) is 0 Å². The third-order valence-electron chi connectivity index (χ3n) is 2.80. The number of sulfone groups is 1. The quantitative estimate of drug-likeness (QED) is 0.789. The highest BCUT2D eigenvalue weighted by atomic mass is 32.2. The number of ether oxygens (including phenoxy) is 1. The first-order valence-corrected chi connectivity index (χ1v) is 7.83. The standard InChI is InChI=1S/C11H23NO3S/c1-9(8-16(4,13)14)12-7-10-5-6-11(2,3)15-10/h9-10,12H,5-8H2,1-4H3. The maximum Gasteiger partial charge on any atom is 0.148 e. The zero-order valence-electron chi connectivity index (χ0n) is 10.6. The van der Waals surface area contributed by atoms with E-state index in [9.17, 15) is 8.42 Å². The van der Waals surface area contributed by atoms with Crippen molar-refractivity contribution in [3.8, 4) is 0 Å². The van der Waals surface area contributed by atoms with Crippen molar-refractivity contribution in [2.24, 2.45) is 0 Å². The van der Waals surface area contributed by atoms with Crippen LogP contribution in [0.3, 0.4) is 0 Å². The molecule has 0 aromatic rings. The fourth-order valence-electron chi connectivity index (χ4n) is 2.07. The third-order valence-corrected chi connectivity index (χ3v) is 3.91. The van der Waals surface area contributed by atoms with E-state index in [0.717, 1.165) is 19.4 Å². The zero-order chi connectivity index (χ0) is 12.4. The van der Waals surface area contributed by atoms with E-state index >= 15 is 0 Å². The molecule has 1 fully saturated rings. The van der Waals surface area contributed by atoms with Gasteiger partial charge >= 0.3 is 0 Å². The molecule has 0 radical (unpaired) electrons. The molecule has 2 atom stereocenters. The minimum atomic E-state index is -2.90. The van der Waals surface area contributed by atoms with Crippen molar-refractivity contribution in [1.82, 2.24) is 5.32 Å². The van der Waals surface area contributed by atoms with Crippen molar-refractivity contribution in [3.63, 3.8) is 0 Å². The Morgan fingerprint density at radius 1 is 1.50 bits per heavy atom. The third kappa shape index (κ3) is 5.27. The lowest BCUT2D eigenvalue weighted by Crippen LogP contribution is -2.38. The Morgan fingerprint density at radius 3 is 2.56 bits per heavy atom. The lowest BCUT2D eigenvalue weighted by molar-refractivity contribution is -0.0147. The molecule has 2 unspecified atom stereocenters. The van der Waals surface area contributed by atoms with Crippen LogP contribution in [-0.2, 0) is 14.6 Å². The molecule has 1 aliphatic rings. The Hall–Kier alpha value is -0.130. The minimum Gasteiger partial charge on any atom is -0.371 e. The van der Waals surface area contributed by atoms with Crippen LogP contribution in [0.5, 0.6) is 0 Å². The predicted octanol–water partition coefficient (Wildman–Crippen LogP) is 0.967. The van der Waals surface area contributed by atoms with Crippen LogP contribution in [0.4, 0.5) is 0 Å². The average Bonchev–Trinajstić information content (AvgIpc) is 2.39. The van der Waals surface area contributed by atoms with Gasteiger partial charge in [0, 0.05) is 18.8 Å². The summed E-state index contributed by atoms with van der Waals surface area (Å²) in [5.74, 6) is 0.184. The summed E-state index contributed by atoms with van der Waals surface area (Å²) < 4.78 is 28.0. The molecular formula is C11H23NO3S. The van der Waals surface area contributed by atoms with Crippen LogP contribution in [0, 0.1) is 0 Å². The van der Waals surface area contributed by atoms with Crippen LogP contribution in [-0.4, -0.2) is 44.7 Å². The fourth-order valence-corrected chi connectivity index (χ4v) is 3.09. The first-order valence-electron chi connectivity index (χ1n) is 5.77. The summed E-state index contributed by atoms with van der Waals surface area (Å²) in [6.45, 7) is 6.81. The molecule has 1 N–H and O–H groups in total. The van der Waals surface area contributed by atoms with Gasteiger partial charge in [0.1, 0.15) is 9.84 Å². The lowest BCUT2D eigenvalue weighted by atomic mass is 10.1. The minimum absolute atomic E-state index is 0.0117. The van der Waals surface area contributed by atoms with E-state index in [2.05, 4.69) is 19.2 Å². The SMILES string of the molecule is CC(CS(C)(=O)=O)NCC1CCC(C)(C)O1. The van der Waals surface area contributed by atoms with Crippen molar-refractivity contribution >= 4 is 9.84 Å². The van der Waals surface area contributed by atoms with Gasteiger partial charge in [0.2, 0.25) is 0 Å². The molecule has 0 amide bonds. The molecule has 1 rings (SSSR count). The summed E-state index contributed by atoms with van der Waals surface area (Å²) in [6.07, 6.45) is 3.60. The van der Waals surface area contributed by atoms with E-state index < -0.39 is 9.84 Å². The van der Waals surface area contributed by atoms with Crippen LogP contribution >= 0.6 is 0 Å². The van der Waals surface area contributed by atoms with E-state index in [0.29, 0.717) is 0 Å². The number of rotatable bonds is 5. The first kappa shape index (κ1) is 13.9. The van der Waals surface area contributed by atoms with Crippen LogP contribution in [0.25, 0.3) is 0 Å². The van der Waals surface area contributed by atoms with Gasteiger partial charge in [-0.3, -0.25) is 0 Å². The highest BCUT2D eigenvalue weighted by Gasteiger charge is 2.31. The van der Waals surface area contributed by atoms with E-state index in [1.807, 2.05) is 6.92 Å². The molecule has 1 aliphatic heterocycles. The molecular weight excluding hydrogens is 226 g/mol. The maximum atomic E-state index is 11.1. The van der Waals surface area contributed by atoms with Gasteiger partial charge in [-0.15, -0.1) is 0 Å². The molecule has 96 valence electrons. The Labute approximate surface area is 98.7 Å². The Morgan fingerprint density at radius 2 is 2.12 bits per heavy atom. The van der Waals surface area contributed by atoms with Gasteiger partial charge in [0.05, 0.1) is 17.5 Å². The normalized spacial score (nSPS) is 26.9. The van der Waals surface area contributed by atoms with Crippen molar-refractivity contribution < 1.29 is 13.2 Å². The predicted molar refractivity (Wildman–Crippen MR) is 65.4 cm³/mol. The maximum absolute atomic E-state index is 11.1. The van der Waals surface area contributed by atoms with Crippen molar-refractivity contribution in [2.45, 2.75) is 51.4 Å². The van der Waals surface area contributed by atoms with Crippen molar-refractivity contribution in [1.29, 1.82) is 0 Å². The van der Waals surface area contributed by atoms with Gasteiger partial charge in [-0.05, 0) is 33.6 Å². The molecule has 0 aromatic heterocycles. The molecule has 16 heavy (non-hydrogen) atoms. The molecule has 1 saturated heterocycles. The van der Waals surface area contributed by atoms with Crippen LogP contribution in [0.1, 0.15) is 33.6 Å². The van der Waals surface area contributed by atoms with Gasteiger partial charge in [-0.2, -0.15) is 0 Å². The largest absolute Gasteiger partial charge is 0.371 e. The van der Waals surface area contributed by atoms with E-state index in [4.69, 9.17) is 4.74 Å². The number of nitrogens with one attached hydrogen (secondary N) is 1. The smallest absolute Gasteiger partial charge is 0.148 e. The molecule has 0 bridgehead atoms. The second-order valence-electron chi connectivity index (χ2n) is 5.44. The molecule has 0 aromatic carbocycles. The zero-order valence-corrected chi connectivity index (χ0v) is 11.4. The Balaban J connectivity index is 2.26. The van der Waals surface area contributed by atoms with E-state index in [-0.39, 0.29) is 23.5 Å². The van der Waals surface area contributed by atoms with Crippen molar-refractivity contribution in [2.75, 3.05) is 18.6 Å². The summed E-state index contributed by atoms with van der Waals surface area (Å²) >= 11 is 0. The fraction of sp³-hybridized carbons (Fsp3) is 1.00. The van der Waals surface area contributed by atoms with E-state index in [1.54, 1.807) is 0 Å². The summed E-state index contributed by atoms with van der Waals surface area (Å²) in [6, 6.07) is -0.0117. The van der Waals surface area contributed by atoms with Gasteiger partial charge in [-0.1, -0.05) is 0 Å². The number of hydrogen-bond donors (Lipinski definition) is 1. The topological polar surface area (TPSA) is 55.4 Å². The first-order chi connectivity index (χ1) is 7.18. The molecule has 0 aliphatic carbocycles. The van der Waals surface area contributed by atoms with Gasteiger partial charge in [0.15, 0.2) is 0 Å². The second-order valence-corrected chi connectivity index (χ2v) is 7.62. The van der Waals surface area contributed by atoms with Crippen LogP contribution in [0.2, 0.25) is 0 Å².